The van der Waals surface area contributed by atoms with E-state index in [1.165, 1.54) is 12.1 Å². The predicted octanol–water partition coefficient (Wildman–Crippen LogP) is 2.47. The standard InChI is InChI=1S/C18H28FN3O2/c1-2-8-20-18(23)22(15-16-4-6-17(19)7-5-16)10-3-9-21-11-13-24-14-12-21/h4-7H,2-3,8-15H2,1H3,(H,20,23). The molecule has 0 bridgehead atoms. The molecule has 0 atom stereocenters. The van der Waals surface area contributed by atoms with E-state index in [4.69, 9.17) is 4.74 Å². The second-order valence-electron chi connectivity index (χ2n) is 6.09. The van der Waals surface area contributed by atoms with Gasteiger partial charge in [0.1, 0.15) is 5.82 Å². The molecule has 6 heteroatoms. The Morgan fingerprint density at radius 2 is 2.00 bits per heavy atom. The quantitative estimate of drug-likeness (QED) is 0.793. The number of amides is 2. The lowest BCUT2D eigenvalue weighted by Gasteiger charge is -2.28. The van der Waals surface area contributed by atoms with Crippen molar-refractivity contribution >= 4 is 6.03 Å². The minimum atomic E-state index is -0.256. The van der Waals surface area contributed by atoms with Gasteiger partial charge in [-0.15, -0.1) is 0 Å². The summed E-state index contributed by atoms with van der Waals surface area (Å²) in [6.45, 7) is 8.34. The molecule has 0 spiro atoms. The highest BCUT2D eigenvalue weighted by atomic mass is 19.1. The van der Waals surface area contributed by atoms with E-state index in [0.717, 1.165) is 51.3 Å². The van der Waals surface area contributed by atoms with Crippen LogP contribution in [0, 0.1) is 5.82 Å². The molecule has 0 aromatic heterocycles. The van der Waals surface area contributed by atoms with E-state index in [-0.39, 0.29) is 11.8 Å². The number of morpholine rings is 1. The SMILES string of the molecule is CCCNC(=O)N(CCCN1CCOCC1)Cc1ccc(F)cc1. The van der Waals surface area contributed by atoms with Crippen LogP contribution in [0.5, 0.6) is 0 Å². The maximum atomic E-state index is 13.0. The van der Waals surface area contributed by atoms with E-state index in [2.05, 4.69) is 10.2 Å². The van der Waals surface area contributed by atoms with Crippen molar-refractivity contribution in [2.24, 2.45) is 0 Å². The molecule has 0 aliphatic carbocycles. The van der Waals surface area contributed by atoms with Gasteiger partial charge in [-0.25, -0.2) is 9.18 Å². The summed E-state index contributed by atoms with van der Waals surface area (Å²) < 4.78 is 18.4. The number of nitrogens with zero attached hydrogens (tertiary/aromatic N) is 2. The molecule has 1 fully saturated rings. The fourth-order valence-corrected chi connectivity index (χ4v) is 2.72. The van der Waals surface area contributed by atoms with Crippen molar-refractivity contribution in [1.29, 1.82) is 0 Å². The van der Waals surface area contributed by atoms with E-state index >= 15 is 0 Å². The highest BCUT2D eigenvalue weighted by molar-refractivity contribution is 5.74. The number of halogens is 1. The van der Waals surface area contributed by atoms with Gasteiger partial charge in [0, 0.05) is 39.3 Å². The van der Waals surface area contributed by atoms with Gasteiger partial charge in [0.25, 0.3) is 0 Å². The van der Waals surface area contributed by atoms with Crippen molar-refractivity contribution < 1.29 is 13.9 Å². The van der Waals surface area contributed by atoms with Crippen molar-refractivity contribution in [2.75, 3.05) is 45.9 Å². The number of benzene rings is 1. The lowest BCUT2D eigenvalue weighted by molar-refractivity contribution is 0.0364. The highest BCUT2D eigenvalue weighted by Gasteiger charge is 2.15. The second-order valence-corrected chi connectivity index (χ2v) is 6.09. The van der Waals surface area contributed by atoms with Crippen LogP contribution in [0.4, 0.5) is 9.18 Å². The molecule has 2 rings (SSSR count). The Morgan fingerprint density at radius 1 is 1.29 bits per heavy atom. The maximum absolute atomic E-state index is 13.0. The number of carbonyl (C=O) groups is 1. The zero-order chi connectivity index (χ0) is 17.2. The summed E-state index contributed by atoms with van der Waals surface area (Å²) in [5.74, 6) is -0.256. The number of rotatable bonds is 8. The van der Waals surface area contributed by atoms with Crippen LogP contribution >= 0.6 is 0 Å². The molecule has 134 valence electrons. The molecule has 0 unspecified atom stereocenters. The van der Waals surface area contributed by atoms with Crippen LogP contribution in [0.25, 0.3) is 0 Å². The highest BCUT2D eigenvalue weighted by Crippen LogP contribution is 2.08. The van der Waals surface area contributed by atoms with Crippen LogP contribution < -0.4 is 5.32 Å². The molecule has 1 aromatic rings. The van der Waals surface area contributed by atoms with Gasteiger partial charge in [-0.1, -0.05) is 19.1 Å². The van der Waals surface area contributed by atoms with Crippen LogP contribution in [0.15, 0.2) is 24.3 Å². The van der Waals surface area contributed by atoms with E-state index in [0.29, 0.717) is 19.6 Å². The van der Waals surface area contributed by atoms with Crippen LogP contribution in [-0.2, 0) is 11.3 Å². The van der Waals surface area contributed by atoms with Crippen molar-refractivity contribution in [3.8, 4) is 0 Å². The van der Waals surface area contributed by atoms with Gasteiger partial charge >= 0.3 is 6.03 Å². The molecular weight excluding hydrogens is 309 g/mol. The van der Waals surface area contributed by atoms with Gasteiger partial charge in [0.05, 0.1) is 13.2 Å². The summed E-state index contributed by atoms with van der Waals surface area (Å²) in [6.07, 6.45) is 1.82. The third-order valence-corrected chi connectivity index (χ3v) is 4.11. The molecule has 1 aliphatic rings. The summed E-state index contributed by atoms with van der Waals surface area (Å²) >= 11 is 0. The Hall–Kier alpha value is -1.66. The first-order valence-corrected chi connectivity index (χ1v) is 8.76. The molecule has 0 radical (unpaired) electrons. The third kappa shape index (κ3) is 6.45. The van der Waals surface area contributed by atoms with E-state index in [9.17, 15) is 9.18 Å². The van der Waals surface area contributed by atoms with Crippen LogP contribution in [0.2, 0.25) is 0 Å². The third-order valence-electron chi connectivity index (χ3n) is 4.11. The summed E-state index contributed by atoms with van der Waals surface area (Å²) in [4.78, 5) is 16.5. The van der Waals surface area contributed by atoms with Crippen molar-refractivity contribution in [3.05, 3.63) is 35.6 Å². The average Bonchev–Trinajstić information content (AvgIpc) is 2.61. The number of urea groups is 1. The largest absolute Gasteiger partial charge is 0.379 e. The molecule has 1 saturated heterocycles. The summed E-state index contributed by atoms with van der Waals surface area (Å²) in [5.41, 5.74) is 0.939. The molecule has 1 N–H and O–H groups in total. The monoisotopic (exact) mass is 337 g/mol. The van der Waals surface area contributed by atoms with Crippen molar-refractivity contribution in [1.82, 2.24) is 15.1 Å². The van der Waals surface area contributed by atoms with Gasteiger partial charge in [0.15, 0.2) is 0 Å². The first-order valence-electron chi connectivity index (χ1n) is 8.76. The second kappa shape index (κ2) is 10.3. The Bertz CT molecular complexity index is 490. The number of hydrogen-bond acceptors (Lipinski definition) is 3. The number of carbonyl (C=O) groups excluding carboxylic acids is 1. The average molecular weight is 337 g/mol. The zero-order valence-electron chi connectivity index (χ0n) is 14.5. The number of hydrogen-bond donors (Lipinski definition) is 1. The Balaban J connectivity index is 1.86. The molecule has 1 heterocycles. The van der Waals surface area contributed by atoms with Crippen molar-refractivity contribution in [2.45, 2.75) is 26.3 Å². The normalized spacial score (nSPS) is 15.2. The Kier molecular flexibility index (Phi) is 7.98. The Morgan fingerprint density at radius 3 is 2.67 bits per heavy atom. The molecular formula is C18H28FN3O2. The minimum Gasteiger partial charge on any atom is -0.379 e. The number of ether oxygens (including phenoxy) is 1. The predicted molar refractivity (Wildman–Crippen MR) is 92.4 cm³/mol. The topological polar surface area (TPSA) is 44.8 Å². The maximum Gasteiger partial charge on any atom is 0.317 e. The van der Waals surface area contributed by atoms with Crippen LogP contribution in [0.1, 0.15) is 25.3 Å². The molecule has 1 aliphatic heterocycles. The van der Waals surface area contributed by atoms with Gasteiger partial charge in [0.2, 0.25) is 0 Å². The van der Waals surface area contributed by atoms with Crippen LogP contribution in [-0.4, -0.2) is 61.8 Å². The first kappa shape index (κ1) is 18.7. The molecule has 2 amide bonds. The minimum absolute atomic E-state index is 0.0526. The van der Waals surface area contributed by atoms with Crippen molar-refractivity contribution in [3.63, 3.8) is 0 Å². The van der Waals surface area contributed by atoms with Gasteiger partial charge in [-0.3, -0.25) is 4.90 Å². The van der Waals surface area contributed by atoms with E-state index < -0.39 is 0 Å². The first-order chi connectivity index (χ1) is 11.7. The molecule has 24 heavy (non-hydrogen) atoms. The molecule has 1 aromatic carbocycles. The van der Waals surface area contributed by atoms with E-state index in [1.807, 2.05) is 11.8 Å². The zero-order valence-corrected chi connectivity index (χ0v) is 14.5. The van der Waals surface area contributed by atoms with Gasteiger partial charge in [-0.2, -0.15) is 0 Å². The Labute approximate surface area is 143 Å². The van der Waals surface area contributed by atoms with Gasteiger partial charge in [-0.05, 0) is 30.5 Å². The summed E-state index contributed by atoms with van der Waals surface area (Å²) in [7, 11) is 0. The lowest BCUT2D eigenvalue weighted by atomic mass is 10.2. The van der Waals surface area contributed by atoms with E-state index in [1.54, 1.807) is 12.1 Å². The van der Waals surface area contributed by atoms with Gasteiger partial charge < -0.3 is 15.0 Å². The smallest absolute Gasteiger partial charge is 0.317 e. The summed E-state index contributed by atoms with van der Waals surface area (Å²) in [6, 6.07) is 6.29. The summed E-state index contributed by atoms with van der Waals surface area (Å²) in [5, 5.41) is 2.93. The molecule has 0 saturated carbocycles. The number of nitrogens with one attached hydrogen (secondary N) is 1. The fraction of sp³-hybridized carbons (Fsp3) is 0.611. The van der Waals surface area contributed by atoms with Crippen LogP contribution in [0.3, 0.4) is 0 Å². The fourth-order valence-electron chi connectivity index (χ4n) is 2.72. The molecule has 5 nitrogen and oxygen atoms in total. The lowest BCUT2D eigenvalue weighted by Crippen LogP contribution is -2.42.